The van der Waals surface area contributed by atoms with E-state index in [9.17, 15) is 51.1 Å². The molecule has 0 saturated carbocycles. The van der Waals surface area contributed by atoms with Crippen LogP contribution in [0.4, 0.5) is 17.1 Å². The van der Waals surface area contributed by atoms with E-state index < -0.39 is 50.9 Å². The molecule has 0 radical (unpaired) electrons. The van der Waals surface area contributed by atoms with E-state index in [2.05, 4.69) is 18.7 Å². The highest BCUT2D eigenvalue weighted by molar-refractivity contribution is 6.07. The first-order valence-corrected chi connectivity index (χ1v) is 18.2. The third-order valence-corrected chi connectivity index (χ3v) is 12.2. The monoisotopic (exact) mass is 757 g/mol. The van der Waals surface area contributed by atoms with Gasteiger partial charge in [0.25, 0.3) is 5.95 Å². The van der Waals surface area contributed by atoms with Crippen LogP contribution in [-0.2, 0) is 16.2 Å². The van der Waals surface area contributed by atoms with E-state index in [1.165, 1.54) is 41.3 Å². The van der Waals surface area contributed by atoms with Gasteiger partial charge in [-0.05, 0) is 64.5 Å². The number of rotatable bonds is 4. The van der Waals surface area contributed by atoms with E-state index >= 15 is 0 Å². The molecular weight excluding hydrogens is 714 g/mol. The molecule has 8 rings (SSSR count). The molecule has 4 aliphatic rings. The number of fused-ring (bicyclic) bond motifs is 7. The van der Waals surface area contributed by atoms with Crippen molar-refractivity contribution in [1.29, 1.82) is 0 Å². The van der Waals surface area contributed by atoms with Crippen molar-refractivity contribution >= 4 is 28.2 Å². The lowest BCUT2D eigenvalue weighted by molar-refractivity contribution is 0.194. The maximum atomic E-state index is 12.2. The van der Waals surface area contributed by atoms with Crippen molar-refractivity contribution < 1.29 is 51.1 Å². The van der Waals surface area contributed by atoms with Crippen molar-refractivity contribution in [3.05, 3.63) is 112 Å². The van der Waals surface area contributed by atoms with E-state index in [1.54, 1.807) is 33.8 Å². The van der Waals surface area contributed by atoms with Crippen molar-refractivity contribution in [1.82, 2.24) is 0 Å². The predicted octanol–water partition coefficient (Wildman–Crippen LogP) is 9.69. The molecule has 0 amide bonds. The molecule has 10 N–H and O–H groups in total. The Bertz CT molecular complexity index is 2630. The smallest absolute Gasteiger partial charge is 0.282 e. The second kappa shape index (κ2) is 11.5. The third-order valence-electron chi connectivity index (χ3n) is 12.2. The fraction of sp³-hybridized carbons (Fsp3) is 0.244. The number of aliphatic hydroxyl groups excluding tert-OH is 1. The summed E-state index contributed by atoms with van der Waals surface area (Å²) in [6, 6.07) is 7.08. The highest BCUT2D eigenvalue weighted by atomic mass is 16.5. The lowest BCUT2D eigenvalue weighted by Crippen LogP contribution is -2.19. The Hall–Kier alpha value is -6.62. The fourth-order valence-electron chi connectivity index (χ4n) is 9.76. The second-order valence-corrected chi connectivity index (χ2v) is 16.5. The van der Waals surface area contributed by atoms with Crippen molar-refractivity contribution in [3.63, 3.8) is 0 Å². The first-order valence-electron chi connectivity index (χ1n) is 18.2. The Morgan fingerprint density at radius 3 is 1.93 bits per heavy atom. The minimum absolute atomic E-state index is 0.0177. The molecule has 11 heteroatoms. The Kier molecular flexibility index (Phi) is 7.44. The largest absolute Gasteiger partial charge is 0.508 e. The molecule has 0 bridgehead atoms. The Morgan fingerprint density at radius 2 is 1.27 bits per heavy atom. The zero-order chi connectivity index (χ0) is 40.7. The summed E-state index contributed by atoms with van der Waals surface area (Å²) in [6.07, 6.45) is 8.68. The predicted molar refractivity (Wildman–Crippen MR) is 214 cm³/mol. The maximum Gasteiger partial charge on any atom is 0.282 e. The van der Waals surface area contributed by atoms with Gasteiger partial charge in [-0.25, -0.2) is 0 Å². The standard InChI is InChI=1S/C45H43NO10/c1-8-11-24-32(42(55)56)33-35(44(24,4)5)39(52)41(54)40(53)37(33)46(19-14-25-30(27(48)15-19)21-12-9-10-13-23(21)43(25,2)3)36-31-22-16-20(47)17-28(49)34(22)45(6,7)26(31)18-29(50)38(36)51/h8,11-18,47-56H,1,9-10H2,2-7H3/b24-11+. The molecule has 288 valence electrons. The van der Waals surface area contributed by atoms with Gasteiger partial charge in [-0.1, -0.05) is 72.4 Å². The molecule has 0 aromatic heterocycles. The van der Waals surface area contributed by atoms with Gasteiger partial charge in [0.05, 0.1) is 11.3 Å². The number of benzene rings is 4. The summed E-state index contributed by atoms with van der Waals surface area (Å²) in [6.45, 7) is 14.7. The summed E-state index contributed by atoms with van der Waals surface area (Å²) < 4.78 is 0. The van der Waals surface area contributed by atoms with Crippen molar-refractivity contribution in [2.24, 2.45) is 0 Å². The van der Waals surface area contributed by atoms with Crippen LogP contribution in [0.2, 0.25) is 0 Å². The first kappa shape index (κ1) is 36.4. The number of aliphatic hydroxyl groups is 2. The van der Waals surface area contributed by atoms with Crippen LogP contribution in [0.3, 0.4) is 0 Å². The van der Waals surface area contributed by atoms with Crippen LogP contribution in [0.1, 0.15) is 87.8 Å². The molecule has 0 fully saturated rings. The van der Waals surface area contributed by atoms with E-state index in [1.807, 2.05) is 13.8 Å². The molecule has 0 saturated heterocycles. The number of phenolic OH excluding ortho intramolecular Hbond substituents is 8. The molecule has 0 spiro atoms. The zero-order valence-electron chi connectivity index (χ0n) is 31.7. The van der Waals surface area contributed by atoms with Crippen molar-refractivity contribution in [2.45, 2.75) is 70.6 Å². The van der Waals surface area contributed by atoms with Crippen LogP contribution in [-0.4, -0.2) is 51.1 Å². The van der Waals surface area contributed by atoms with Gasteiger partial charge in [0.2, 0.25) is 5.75 Å². The summed E-state index contributed by atoms with van der Waals surface area (Å²) in [5, 5.41) is 115. The van der Waals surface area contributed by atoms with Crippen molar-refractivity contribution in [2.75, 3.05) is 4.90 Å². The van der Waals surface area contributed by atoms with E-state index in [-0.39, 0.29) is 67.7 Å². The van der Waals surface area contributed by atoms with E-state index in [0.29, 0.717) is 22.3 Å². The minimum Gasteiger partial charge on any atom is -0.508 e. The summed E-state index contributed by atoms with van der Waals surface area (Å²) in [4.78, 5) is 1.28. The number of hydrogen-bond donors (Lipinski definition) is 10. The molecule has 11 nitrogen and oxygen atoms in total. The molecule has 0 unspecified atom stereocenters. The Balaban J connectivity index is 1.61. The van der Waals surface area contributed by atoms with Gasteiger partial charge in [-0.15, -0.1) is 0 Å². The molecule has 4 aromatic carbocycles. The molecule has 56 heavy (non-hydrogen) atoms. The highest BCUT2D eigenvalue weighted by Gasteiger charge is 2.50. The van der Waals surface area contributed by atoms with Crippen LogP contribution in [0.25, 0.3) is 22.3 Å². The van der Waals surface area contributed by atoms with E-state index in [4.69, 9.17) is 0 Å². The summed E-state index contributed by atoms with van der Waals surface area (Å²) >= 11 is 0. The van der Waals surface area contributed by atoms with Gasteiger partial charge in [0.15, 0.2) is 23.0 Å². The molecule has 0 atom stereocenters. The normalized spacial score (nSPS) is 18.4. The minimum atomic E-state index is -1.27. The summed E-state index contributed by atoms with van der Waals surface area (Å²) in [7, 11) is 0. The second-order valence-electron chi connectivity index (χ2n) is 16.5. The van der Waals surface area contributed by atoms with Crippen LogP contribution in [0.5, 0.6) is 46.0 Å². The topological polar surface area (TPSA) is 206 Å². The quantitative estimate of drug-likeness (QED) is 0.0701. The van der Waals surface area contributed by atoms with Gasteiger partial charge in [-0.3, -0.25) is 0 Å². The lowest BCUT2D eigenvalue weighted by atomic mass is 9.80. The average molecular weight is 758 g/mol. The van der Waals surface area contributed by atoms with Gasteiger partial charge in [-0.2, -0.15) is 0 Å². The maximum absolute atomic E-state index is 12.2. The summed E-state index contributed by atoms with van der Waals surface area (Å²) in [5.41, 5.74) is 0.705. The number of allylic oxidation sites excluding steroid dienone is 8. The Morgan fingerprint density at radius 1 is 0.625 bits per heavy atom. The summed E-state index contributed by atoms with van der Waals surface area (Å²) in [5.74, 6) is -5.91. The number of hydrogen-bond acceptors (Lipinski definition) is 11. The number of aromatic hydroxyl groups is 8. The molecule has 0 aliphatic heterocycles. The van der Waals surface area contributed by atoms with Crippen LogP contribution >= 0.6 is 0 Å². The van der Waals surface area contributed by atoms with E-state index in [0.717, 1.165) is 24.0 Å². The molecule has 0 heterocycles. The lowest BCUT2D eigenvalue weighted by Gasteiger charge is -2.33. The fourth-order valence-corrected chi connectivity index (χ4v) is 9.76. The Labute approximate surface area is 322 Å². The van der Waals surface area contributed by atoms with Crippen LogP contribution < -0.4 is 4.90 Å². The SMILES string of the molecule is C=C/C=C1\C(=C(O)O)c2c(N(c3cc(O)c4c(c3)C(C)(C)C3=CCCC=C34)c3c(O)c(O)cc4c3-c3cc(O)cc(O)c3C4(C)C)c(O)c(O)c(O)c2C1(C)C. The molecule has 4 aliphatic carbocycles. The third kappa shape index (κ3) is 4.45. The first-order chi connectivity index (χ1) is 26.2. The highest BCUT2D eigenvalue weighted by Crippen LogP contribution is 2.68. The number of nitrogens with zero attached hydrogens (tertiary/aromatic N) is 1. The zero-order valence-corrected chi connectivity index (χ0v) is 31.7. The molecular formula is C45H43NO10. The van der Waals surface area contributed by atoms with Crippen LogP contribution in [0, 0.1) is 0 Å². The van der Waals surface area contributed by atoms with Gasteiger partial charge in [0.1, 0.15) is 28.6 Å². The van der Waals surface area contributed by atoms with Gasteiger partial charge >= 0.3 is 0 Å². The average Bonchev–Trinajstić information content (AvgIpc) is 3.59. The number of anilines is 3. The molecule has 4 aromatic rings. The van der Waals surface area contributed by atoms with Crippen LogP contribution in [0.15, 0.2) is 78.3 Å². The number of phenols is 8. The van der Waals surface area contributed by atoms with Gasteiger partial charge < -0.3 is 56.0 Å². The van der Waals surface area contributed by atoms with Gasteiger partial charge in [0, 0.05) is 56.2 Å². The van der Waals surface area contributed by atoms with Crippen molar-refractivity contribution in [3.8, 4) is 57.1 Å².